The van der Waals surface area contributed by atoms with Gasteiger partial charge >= 0.3 is 5.97 Å². The van der Waals surface area contributed by atoms with E-state index in [1.54, 1.807) is 0 Å². The lowest BCUT2D eigenvalue weighted by molar-refractivity contribution is -0.145. The molecule has 2 rings (SSSR count). The highest BCUT2D eigenvalue weighted by atomic mass is 16.5. The molecule has 3 heteroatoms. The maximum atomic E-state index is 12.3. The molecule has 2 aromatic rings. The largest absolute Gasteiger partial charge is 0.465 e. The molecule has 3 nitrogen and oxygen atoms in total. The Morgan fingerprint density at radius 1 is 0.962 bits per heavy atom. The van der Waals surface area contributed by atoms with Crippen molar-refractivity contribution in [2.45, 2.75) is 58.8 Å². The van der Waals surface area contributed by atoms with Crippen LogP contribution in [0.15, 0.2) is 48.8 Å². The van der Waals surface area contributed by atoms with Crippen LogP contribution in [0.1, 0.15) is 69.1 Å². The smallest absolute Gasteiger partial charge is 0.313 e. The maximum absolute atomic E-state index is 12.3. The molecule has 2 unspecified atom stereocenters. The van der Waals surface area contributed by atoms with Crippen molar-refractivity contribution in [3.63, 3.8) is 0 Å². The summed E-state index contributed by atoms with van der Waals surface area (Å²) in [6.07, 6.45) is 6.57. The number of ether oxygens (including phenoxy) is 1. The van der Waals surface area contributed by atoms with Gasteiger partial charge in [0.2, 0.25) is 0 Å². The molecule has 26 heavy (non-hydrogen) atoms. The second-order valence-electron chi connectivity index (χ2n) is 7.55. The molecule has 140 valence electrons. The Labute approximate surface area is 157 Å². The van der Waals surface area contributed by atoms with Crippen LogP contribution in [-0.4, -0.2) is 17.6 Å². The summed E-state index contributed by atoms with van der Waals surface area (Å²) in [5.41, 5.74) is 3.61. The van der Waals surface area contributed by atoms with Gasteiger partial charge in [-0.2, -0.15) is 0 Å². The summed E-state index contributed by atoms with van der Waals surface area (Å²) in [6, 6.07) is 12.4. The van der Waals surface area contributed by atoms with Crippen molar-refractivity contribution in [2.24, 2.45) is 5.92 Å². The summed E-state index contributed by atoms with van der Waals surface area (Å²) in [5.74, 6) is 0.722. The second-order valence-corrected chi connectivity index (χ2v) is 7.55. The summed E-state index contributed by atoms with van der Waals surface area (Å²) >= 11 is 0. The van der Waals surface area contributed by atoms with Gasteiger partial charge in [-0.3, -0.25) is 9.78 Å². The van der Waals surface area contributed by atoms with Gasteiger partial charge in [-0.25, -0.2) is 0 Å². The van der Waals surface area contributed by atoms with Gasteiger partial charge in [-0.1, -0.05) is 45.0 Å². The predicted molar refractivity (Wildman–Crippen MR) is 106 cm³/mol. The fourth-order valence-electron chi connectivity index (χ4n) is 3.10. The molecular formula is C23H31NO2. The van der Waals surface area contributed by atoms with Gasteiger partial charge in [-0.05, 0) is 66.8 Å². The molecule has 0 amide bonds. The van der Waals surface area contributed by atoms with Crippen molar-refractivity contribution >= 4 is 5.97 Å². The number of benzene rings is 1. The van der Waals surface area contributed by atoms with Crippen LogP contribution < -0.4 is 0 Å². The summed E-state index contributed by atoms with van der Waals surface area (Å²) in [5, 5.41) is 0. The van der Waals surface area contributed by atoms with E-state index < -0.39 is 0 Å². The summed E-state index contributed by atoms with van der Waals surface area (Å²) in [7, 11) is 0. The molecule has 0 spiro atoms. The van der Waals surface area contributed by atoms with Crippen molar-refractivity contribution in [1.82, 2.24) is 4.98 Å². The van der Waals surface area contributed by atoms with E-state index in [9.17, 15) is 4.79 Å². The maximum Gasteiger partial charge on any atom is 0.313 e. The zero-order valence-electron chi connectivity index (χ0n) is 16.4. The Morgan fingerprint density at radius 3 is 2.23 bits per heavy atom. The van der Waals surface area contributed by atoms with Crippen LogP contribution >= 0.6 is 0 Å². The zero-order valence-corrected chi connectivity index (χ0v) is 16.4. The molecule has 1 aromatic heterocycles. The number of esters is 1. The third-order valence-electron chi connectivity index (χ3n) is 4.78. The van der Waals surface area contributed by atoms with Crippen LogP contribution in [0.3, 0.4) is 0 Å². The van der Waals surface area contributed by atoms with E-state index in [-0.39, 0.29) is 11.9 Å². The quantitative estimate of drug-likeness (QED) is 0.441. The molecule has 0 aliphatic carbocycles. The van der Waals surface area contributed by atoms with Crippen molar-refractivity contribution in [3.05, 3.63) is 65.5 Å². The third-order valence-corrected chi connectivity index (χ3v) is 4.78. The van der Waals surface area contributed by atoms with E-state index in [4.69, 9.17) is 4.74 Å². The standard InChI is InChI=1S/C23H31NO2/c1-17(2)16-20-7-9-22(10-8-20)19(4)23(25)26-15-5-6-18(3)21-11-13-24-14-12-21/h7-14,17-19H,5-6,15-16H2,1-4H3. The molecule has 0 aliphatic heterocycles. The summed E-state index contributed by atoms with van der Waals surface area (Å²) in [4.78, 5) is 16.3. The first kappa shape index (κ1) is 20.2. The first-order valence-corrected chi connectivity index (χ1v) is 9.62. The lowest BCUT2D eigenvalue weighted by Gasteiger charge is -2.14. The fourth-order valence-corrected chi connectivity index (χ4v) is 3.10. The summed E-state index contributed by atoms with van der Waals surface area (Å²) in [6.45, 7) is 9.01. The van der Waals surface area contributed by atoms with Crippen LogP contribution in [0, 0.1) is 5.92 Å². The lowest BCUT2D eigenvalue weighted by Crippen LogP contribution is -2.14. The van der Waals surface area contributed by atoms with Gasteiger partial charge in [0.25, 0.3) is 0 Å². The number of hydrogen-bond donors (Lipinski definition) is 0. The number of hydrogen-bond acceptors (Lipinski definition) is 3. The van der Waals surface area contributed by atoms with E-state index in [0.717, 1.165) is 24.8 Å². The second kappa shape index (κ2) is 10.1. The van der Waals surface area contributed by atoms with E-state index in [2.05, 4.69) is 50.0 Å². The number of carbonyl (C=O) groups excluding carboxylic acids is 1. The zero-order chi connectivity index (χ0) is 18.9. The van der Waals surface area contributed by atoms with Gasteiger partial charge in [0, 0.05) is 12.4 Å². The first-order valence-electron chi connectivity index (χ1n) is 9.62. The molecular weight excluding hydrogens is 322 g/mol. The number of aromatic nitrogens is 1. The minimum Gasteiger partial charge on any atom is -0.465 e. The van der Waals surface area contributed by atoms with E-state index >= 15 is 0 Å². The van der Waals surface area contributed by atoms with Crippen LogP contribution in [0.25, 0.3) is 0 Å². The van der Waals surface area contributed by atoms with Gasteiger partial charge < -0.3 is 4.74 Å². The first-order chi connectivity index (χ1) is 12.5. The molecule has 0 fully saturated rings. The Hall–Kier alpha value is -2.16. The van der Waals surface area contributed by atoms with Crippen molar-refractivity contribution < 1.29 is 9.53 Å². The van der Waals surface area contributed by atoms with Gasteiger partial charge in [0.15, 0.2) is 0 Å². The van der Waals surface area contributed by atoms with Gasteiger partial charge in [0.1, 0.15) is 0 Å². The number of nitrogens with zero attached hydrogens (tertiary/aromatic N) is 1. The average Bonchev–Trinajstić information content (AvgIpc) is 2.65. The molecule has 1 aromatic carbocycles. The highest BCUT2D eigenvalue weighted by Crippen LogP contribution is 2.21. The van der Waals surface area contributed by atoms with E-state index in [1.165, 1.54) is 11.1 Å². The Kier molecular flexibility index (Phi) is 7.83. The molecule has 0 radical (unpaired) electrons. The highest BCUT2D eigenvalue weighted by Gasteiger charge is 2.17. The molecule has 1 heterocycles. The van der Waals surface area contributed by atoms with E-state index in [1.807, 2.05) is 31.5 Å². The number of rotatable bonds is 9. The third kappa shape index (κ3) is 6.29. The average molecular weight is 354 g/mol. The van der Waals surface area contributed by atoms with E-state index in [0.29, 0.717) is 18.4 Å². The minimum absolute atomic E-state index is 0.141. The number of pyridine rings is 1. The Balaban J connectivity index is 1.75. The lowest BCUT2D eigenvalue weighted by atomic mass is 9.96. The highest BCUT2D eigenvalue weighted by molar-refractivity contribution is 5.77. The topological polar surface area (TPSA) is 39.2 Å². The molecule has 0 saturated heterocycles. The predicted octanol–water partition coefficient (Wildman–Crippen LogP) is 5.51. The number of carbonyl (C=O) groups is 1. The van der Waals surface area contributed by atoms with Gasteiger partial charge in [-0.15, -0.1) is 0 Å². The van der Waals surface area contributed by atoms with Crippen molar-refractivity contribution in [3.8, 4) is 0 Å². The summed E-state index contributed by atoms with van der Waals surface area (Å²) < 4.78 is 5.49. The van der Waals surface area contributed by atoms with Gasteiger partial charge in [0.05, 0.1) is 12.5 Å². The van der Waals surface area contributed by atoms with Crippen LogP contribution in [0.2, 0.25) is 0 Å². The SMILES string of the molecule is CC(C)Cc1ccc(C(C)C(=O)OCCCC(C)c2ccncc2)cc1. The van der Waals surface area contributed by atoms with Crippen LogP contribution in [-0.2, 0) is 16.0 Å². The Bertz CT molecular complexity index is 664. The monoisotopic (exact) mass is 353 g/mol. The van der Waals surface area contributed by atoms with Crippen molar-refractivity contribution in [2.75, 3.05) is 6.61 Å². The molecule has 0 aliphatic rings. The Morgan fingerprint density at radius 2 is 1.62 bits per heavy atom. The van der Waals surface area contributed by atoms with Crippen molar-refractivity contribution in [1.29, 1.82) is 0 Å². The molecule has 0 N–H and O–H groups in total. The van der Waals surface area contributed by atoms with Crippen LogP contribution in [0.4, 0.5) is 0 Å². The molecule has 2 atom stereocenters. The molecule has 0 saturated carbocycles. The molecule has 0 bridgehead atoms. The fraction of sp³-hybridized carbons (Fsp3) is 0.478. The normalized spacial score (nSPS) is 13.4. The minimum atomic E-state index is -0.222. The van der Waals surface area contributed by atoms with Crippen LogP contribution in [0.5, 0.6) is 0 Å².